The number of rotatable bonds is 3. The Kier molecular flexibility index (Phi) is 7.44. The standard InChI is InChI=1S/C13H16N2.C2H6/c1-10-5-4-6-13(9-10)11(2)7-8-15-12(3)14;1-2/h4-9H,3,14H2,1-2H3;1-2H3/b11-7+,15-8-;. The zero-order valence-electron chi connectivity index (χ0n) is 11.2. The van der Waals surface area contributed by atoms with Crippen LogP contribution in [0.3, 0.4) is 0 Å². The first kappa shape index (κ1) is 15.2. The molecule has 0 aromatic heterocycles. The molecule has 1 aromatic carbocycles. The highest BCUT2D eigenvalue weighted by Crippen LogP contribution is 2.14. The van der Waals surface area contributed by atoms with Gasteiger partial charge in [-0.2, -0.15) is 0 Å². The van der Waals surface area contributed by atoms with Gasteiger partial charge in [-0.3, -0.25) is 0 Å². The van der Waals surface area contributed by atoms with Crippen molar-refractivity contribution in [3.05, 3.63) is 53.9 Å². The van der Waals surface area contributed by atoms with E-state index < -0.39 is 0 Å². The zero-order chi connectivity index (χ0) is 13.3. The third kappa shape index (κ3) is 6.36. The lowest BCUT2D eigenvalue weighted by molar-refractivity contribution is 1.28. The number of aryl methyl sites for hydroxylation is 1. The molecule has 0 fully saturated rings. The average molecular weight is 230 g/mol. The van der Waals surface area contributed by atoms with Gasteiger partial charge in [0.25, 0.3) is 0 Å². The second-order valence-electron chi connectivity index (χ2n) is 3.49. The summed E-state index contributed by atoms with van der Waals surface area (Å²) in [6.07, 6.45) is 3.59. The van der Waals surface area contributed by atoms with Crippen LogP contribution in [0, 0.1) is 6.92 Å². The molecular weight excluding hydrogens is 208 g/mol. The third-order valence-corrected chi connectivity index (χ3v) is 2.04. The molecule has 0 heterocycles. The van der Waals surface area contributed by atoms with E-state index in [0.29, 0.717) is 5.82 Å². The molecule has 17 heavy (non-hydrogen) atoms. The Balaban J connectivity index is 0.00000121. The quantitative estimate of drug-likeness (QED) is 0.785. The molecule has 2 nitrogen and oxygen atoms in total. The van der Waals surface area contributed by atoms with Gasteiger partial charge < -0.3 is 5.73 Å². The van der Waals surface area contributed by atoms with E-state index in [2.05, 4.69) is 36.7 Å². The van der Waals surface area contributed by atoms with Gasteiger partial charge >= 0.3 is 0 Å². The third-order valence-electron chi connectivity index (χ3n) is 2.04. The summed E-state index contributed by atoms with van der Waals surface area (Å²) in [5.41, 5.74) is 8.92. The summed E-state index contributed by atoms with van der Waals surface area (Å²) in [6.45, 7) is 11.6. The van der Waals surface area contributed by atoms with Crippen LogP contribution in [-0.2, 0) is 0 Å². The molecule has 1 aromatic rings. The lowest BCUT2D eigenvalue weighted by atomic mass is 10.1. The molecule has 1 rings (SSSR count). The normalized spacial score (nSPS) is 10.9. The molecule has 0 spiro atoms. The fraction of sp³-hybridized carbons (Fsp3) is 0.267. The number of aliphatic imine (C=N–C) groups is 1. The molecule has 0 atom stereocenters. The predicted octanol–water partition coefficient (Wildman–Crippen LogP) is 3.93. The van der Waals surface area contributed by atoms with E-state index in [4.69, 9.17) is 5.73 Å². The Morgan fingerprint density at radius 2 is 2.00 bits per heavy atom. The maximum Gasteiger partial charge on any atom is 0.115 e. The second-order valence-corrected chi connectivity index (χ2v) is 3.49. The van der Waals surface area contributed by atoms with Gasteiger partial charge in [0.05, 0.1) is 0 Å². The zero-order valence-corrected chi connectivity index (χ0v) is 11.2. The molecular formula is C15H22N2. The van der Waals surface area contributed by atoms with E-state index in [-0.39, 0.29) is 0 Å². The molecule has 0 amide bonds. The molecule has 2 heteroatoms. The van der Waals surface area contributed by atoms with Crippen LogP contribution in [0.5, 0.6) is 0 Å². The largest absolute Gasteiger partial charge is 0.384 e. The van der Waals surface area contributed by atoms with Crippen LogP contribution in [0.4, 0.5) is 0 Å². The van der Waals surface area contributed by atoms with Crippen molar-refractivity contribution in [1.82, 2.24) is 0 Å². The molecule has 0 bridgehead atoms. The van der Waals surface area contributed by atoms with Gasteiger partial charge in [0.1, 0.15) is 5.82 Å². The van der Waals surface area contributed by atoms with Gasteiger partial charge in [0.2, 0.25) is 0 Å². The Morgan fingerprint density at radius 3 is 2.53 bits per heavy atom. The van der Waals surface area contributed by atoms with E-state index in [1.165, 1.54) is 11.1 Å². The first-order valence-corrected chi connectivity index (χ1v) is 5.82. The predicted molar refractivity (Wildman–Crippen MR) is 78.0 cm³/mol. The first-order valence-electron chi connectivity index (χ1n) is 5.82. The van der Waals surface area contributed by atoms with E-state index in [0.717, 1.165) is 5.57 Å². The van der Waals surface area contributed by atoms with Crippen LogP contribution in [-0.4, -0.2) is 6.21 Å². The summed E-state index contributed by atoms with van der Waals surface area (Å²) in [7, 11) is 0. The van der Waals surface area contributed by atoms with Crippen molar-refractivity contribution in [2.45, 2.75) is 27.7 Å². The van der Waals surface area contributed by atoms with Gasteiger partial charge in [0.15, 0.2) is 0 Å². The molecule has 0 aliphatic rings. The van der Waals surface area contributed by atoms with Crippen LogP contribution in [0.25, 0.3) is 5.57 Å². The SMILES string of the molecule is C=C(N)/N=C\C=C(/C)c1cccc(C)c1.CC. The van der Waals surface area contributed by atoms with Crippen molar-refractivity contribution >= 4 is 11.8 Å². The molecule has 0 saturated heterocycles. The Hall–Kier alpha value is -1.83. The summed E-state index contributed by atoms with van der Waals surface area (Å²) in [5, 5.41) is 0. The molecule has 92 valence electrons. The van der Waals surface area contributed by atoms with E-state index in [1.807, 2.05) is 32.9 Å². The van der Waals surface area contributed by atoms with Crippen molar-refractivity contribution in [2.75, 3.05) is 0 Å². The molecule has 0 saturated carbocycles. The van der Waals surface area contributed by atoms with Crippen LogP contribution >= 0.6 is 0 Å². The highest BCUT2D eigenvalue weighted by molar-refractivity contribution is 5.84. The maximum atomic E-state index is 5.32. The Morgan fingerprint density at radius 1 is 1.35 bits per heavy atom. The van der Waals surface area contributed by atoms with E-state index in [9.17, 15) is 0 Å². The van der Waals surface area contributed by atoms with Gasteiger partial charge in [-0.05, 0) is 31.1 Å². The summed E-state index contributed by atoms with van der Waals surface area (Å²) < 4.78 is 0. The molecule has 0 radical (unpaired) electrons. The minimum atomic E-state index is 0.322. The van der Waals surface area contributed by atoms with Crippen molar-refractivity contribution in [1.29, 1.82) is 0 Å². The van der Waals surface area contributed by atoms with E-state index >= 15 is 0 Å². The number of hydrogen-bond donors (Lipinski definition) is 1. The smallest absolute Gasteiger partial charge is 0.115 e. The highest BCUT2D eigenvalue weighted by Gasteiger charge is 1.93. The number of allylic oxidation sites excluding steroid dienone is 2. The maximum absolute atomic E-state index is 5.32. The number of nitrogens with two attached hydrogens (primary N) is 1. The van der Waals surface area contributed by atoms with Crippen molar-refractivity contribution in [3.8, 4) is 0 Å². The molecule has 0 aliphatic carbocycles. The summed E-state index contributed by atoms with van der Waals surface area (Å²) in [4.78, 5) is 3.89. The Labute approximate surface area is 105 Å². The van der Waals surface area contributed by atoms with Crippen LogP contribution < -0.4 is 5.73 Å². The van der Waals surface area contributed by atoms with Crippen LogP contribution in [0.2, 0.25) is 0 Å². The monoisotopic (exact) mass is 230 g/mol. The lowest BCUT2D eigenvalue weighted by Gasteiger charge is -2.01. The molecule has 0 unspecified atom stereocenters. The minimum Gasteiger partial charge on any atom is -0.384 e. The Bertz CT molecular complexity index is 415. The minimum absolute atomic E-state index is 0.322. The topological polar surface area (TPSA) is 38.4 Å². The van der Waals surface area contributed by atoms with Crippen LogP contribution in [0.15, 0.2) is 47.7 Å². The number of hydrogen-bond acceptors (Lipinski definition) is 2. The number of benzene rings is 1. The van der Waals surface area contributed by atoms with Gasteiger partial charge in [0, 0.05) is 6.21 Å². The van der Waals surface area contributed by atoms with Gasteiger partial charge in [-0.25, -0.2) is 4.99 Å². The van der Waals surface area contributed by atoms with Gasteiger partial charge in [-0.1, -0.05) is 50.3 Å². The highest BCUT2D eigenvalue weighted by atomic mass is 14.9. The molecule has 2 N–H and O–H groups in total. The fourth-order valence-corrected chi connectivity index (χ4v) is 1.23. The second kappa shape index (κ2) is 8.34. The summed E-state index contributed by atoms with van der Waals surface area (Å²) >= 11 is 0. The number of nitrogens with zero attached hydrogens (tertiary/aromatic N) is 1. The van der Waals surface area contributed by atoms with Crippen molar-refractivity contribution in [2.24, 2.45) is 10.7 Å². The fourth-order valence-electron chi connectivity index (χ4n) is 1.23. The lowest BCUT2D eigenvalue weighted by Crippen LogP contribution is -1.89. The van der Waals surface area contributed by atoms with Crippen molar-refractivity contribution < 1.29 is 0 Å². The van der Waals surface area contributed by atoms with Gasteiger partial charge in [-0.15, -0.1) is 0 Å². The van der Waals surface area contributed by atoms with Crippen molar-refractivity contribution in [3.63, 3.8) is 0 Å². The van der Waals surface area contributed by atoms with E-state index in [1.54, 1.807) is 6.21 Å². The average Bonchev–Trinajstić information content (AvgIpc) is 2.31. The summed E-state index contributed by atoms with van der Waals surface area (Å²) in [5.74, 6) is 0.322. The molecule has 0 aliphatic heterocycles. The van der Waals surface area contributed by atoms with Crippen LogP contribution in [0.1, 0.15) is 31.9 Å². The summed E-state index contributed by atoms with van der Waals surface area (Å²) in [6, 6.07) is 8.33. The first-order chi connectivity index (χ1) is 8.09.